The predicted molar refractivity (Wildman–Crippen MR) is 134 cm³/mol. The van der Waals surface area contributed by atoms with Gasteiger partial charge in [0.05, 0.1) is 5.66 Å². The Labute approximate surface area is 194 Å². The Kier molecular flexibility index (Phi) is 18.6. The third kappa shape index (κ3) is 14.4. The van der Waals surface area contributed by atoms with Crippen LogP contribution in [0.4, 0.5) is 0 Å². The van der Waals surface area contributed by atoms with E-state index in [1.54, 1.807) is 0 Å². The largest absolute Gasteiger partial charge is 0.319 e. The van der Waals surface area contributed by atoms with E-state index in [1.807, 2.05) is 0 Å². The van der Waals surface area contributed by atoms with E-state index in [9.17, 15) is 9.13 Å². The molecule has 1 aliphatic rings. The topological polar surface area (TPSA) is 34.1 Å². The molecule has 0 aliphatic heterocycles. The number of hydrogen-bond acceptors (Lipinski definition) is 3. The van der Waals surface area contributed by atoms with Crippen molar-refractivity contribution in [2.75, 3.05) is 11.1 Å². The third-order valence-electron chi connectivity index (χ3n) is 6.49. The van der Waals surface area contributed by atoms with Crippen LogP contribution < -0.4 is 0 Å². The van der Waals surface area contributed by atoms with E-state index in [4.69, 9.17) is 0 Å². The van der Waals surface area contributed by atoms with Crippen molar-refractivity contribution in [3.63, 3.8) is 0 Å². The highest BCUT2D eigenvalue weighted by Crippen LogP contribution is 2.39. The fourth-order valence-corrected chi connectivity index (χ4v) is 7.97. The van der Waals surface area contributed by atoms with Gasteiger partial charge in [0.25, 0.3) is 0 Å². The molecule has 1 saturated carbocycles. The minimum absolute atomic E-state index is 0.158. The van der Waals surface area contributed by atoms with E-state index in [0.29, 0.717) is 16.5 Å². The molecule has 0 heterocycles. The van der Waals surface area contributed by atoms with Gasteiger partial charge in [-0.05, 0) is 37.4 Å². The Hall–Kier alpha value is 0.730. The van der Waals surface area contributed by atoms with Gasteiger partial charge < -0.3 is 0 Å². The number of rotatable bonds is 19. The molecule has 0 aromatic heterocycles. The Bertz CT molecular complexity index is 437. The SMILES string of the molecule is CCCCCCCCCCCCCCCCSC1CCCC(C(CBr)P(=O)=O)C1. The summed E-state index contributed by atoms with van der Waals surface area (Å²) in [5.41, 5.74) is -0.158. The molecule has 5 heteroatoms. The third-order valence-corrected chi connectivity index (χ3v) is 10.3. The molecule has 3 unspecified atom stereocenters. The Balaban J connectivity index is 1.89. The van der Waals surface area contributed by atoms with Crippen LogP contribution in [0.3, 0.4) is 0 Å². The van der Waals surface area contributed by atoms with Crippen LogP contribution in [-0.2, 0) is 9.13 Å². The van der Waals surface area contributed by atoms with Crippen LogP contribution in [0.1, 0.15) is 122 Å². The monoisotopic (exact) mass is 508 g/mol. The molecule has 0 amide bonds. The quantitative estimate of drug-likeness (QED) is 0.0987. The maximum absolute atomic E-state index is 11.4. The highest BCUT2D eigenvalue weighted by molar-refractivity contribution is 9.09. The highest BCUT2D eigenvalue weighted by Gasteiger charge is 2.31. The van der Waals surface area contributed by atoms with Gasteiger partial charge in [0, 0.05) is 10.6 Å². The Morgan fingerprint density at radius 2 is 1.34 bits per heavy atom. The molecule has 0 spiro atoms. The molecule has 1 rings (SSSR count). The first-order chi connectivity index (χ1) is 14.2. The maximum Gasteiger partial charge on any atom is 0.319 e. The van der Waals surface area contributed by atoms with E-state index in [0.717, 1.165) is 12.8 Å². The molecule has 0 N–H and O–H groups in total. The van der Waals surface area contributed by atoms with Crippen LogP contribution in [0.2, 0.25) is 0 Å². The van der Waals surface area contributed by atoms with Gasteiger partial charge in [-0.2, -0.15) is 11.8 Å². The van der Waals surface area contributed by atoms with Crippen molar-refractivity contribution in [2.45, 2.75) is 133 Å². The van der Waals surface area contributed by atoms with Gasteiger partial charge in [0.2, 0.25) is 0 Å². The molecule has 3 atom stereocenters. The number of alkyl halides is 1. The smallest absolute Gasteiger partial charge is 0.237 e. The molecular weight excluding hydrogens is 463 g/mol. The molecule has 0 aromatic rings. The minimum Gasteiger partial charge on any atom is -0.237 e. The van der Waals surface area contributed by atoms with Crippen LogP contribution in [0.25, 0.3) is 0 Å². The standard InChI is InChI=1S/C24H46BrO2PS/c1-2-3-4-5-6-7-8-9-10-11-12-13-14-15-19-29-23-18-16-17-22(20-23)24(21-25)28(26)27/h22-24H,2-21H2,1H3. The van der Waals surface area contributed by atoms with Gasteiger partial charge in [-0.15, -0.1) is 0 Å². The second kappa shape index (κ2) is 19.4. The second-order valence-corrected chi connectivity index (χ2v) is 12.3. The average Bonchev–Trinajstić information content (AvgIpc) is 2.71. The first-order valence-corrected chi connectivity index (χ1v) is 15.9. The molecule has 1 aliphatic carbocycles. The van der Waals surface area contributed by atoms with Gasteiger partial charge in [-0.3, -0.25) is 0 Å². The van der Waals surface area contributed by atoms with E-state index in [-0.39, 0.29) is 5.66 Å². The van der Waals surface area contributed by atoms with E-state index in [2.05, 4.69) is 34.6 Å². The summed E-state index contributed by atoms with van der Waals surface area (Å²) >= 11 is 5.52. The fourth-order valence-electron chi connectivity index (χ4n) is 4.58. The lowest BCUT2D eigenvalue weighted by Gasteiger charge is -2.30. The van der Waals surface area contributed by atoms with Crippen LogP contribution in [0, 0.1) is 5.92 Å². The van der Waals surface area contributed by atoms with E-state index in [1.165, 1.54) is 108 Å². The molecule has 0 radical (unpaired) electrons. The predicted octanol–water partition coefficient (Wildman–Crippen LogP) is 9.70. The van der Waals surface area contributed by atoms with Gasteiger partial charge in [0.1, 0.15) is 0 Å². The normalized spacial score (nSPS) is 20.6. The zero-order valence-corrected chi connectivity index (χ0v) is 22.2. The molecule has 0 aromatic carbocycles. The summed E-state index contributed by atoms with van der Waals surface area (Å²) in [5.74, 6) is 1.64. The summed E-state index contributed by atoms with van der Waals surface area (Å²) in [7, 11) is -2.30. The number of hydrogen-bond donors (Lipinski definition) is 0. The Morgan fingerprint density at radius 1 is 0.828 bits per heavy atom. The van der Waals surface area contributed by atoms with Gasteiger partial charge in [0.15, 0.2) is 0 Å². The van der Waals surface area contributed by atoms with Gasteiger partial charge in [-0.1, -0.05) is 113 Å². The zero-order valence-electron chi connectivity index (χ0n) is 18.9. The van der Waals surface area contributed by atoms with Crippen molar-refractivity contribution in [3.8, 4) is 0 Å². The summed E-state index contributed by atoms with van der Waals surface area (Å²) < 4.78 is 22.9. The average molecular weight is 510 g/mol. The van der Waals surface area contributed by atoms with Crippen LogP contribution in [0.15, 0.2) is 0 Å². The van der Waals surface area contributed by atoms with Crippen molar-refractivity contribution in [2.24, 2.45) is 5.92 Å². The molecule has 172 valence electrons. The van der Waals surface area contributed by atoms with Crippen molar-refractivity contribution in [1.29, 1.82) is 0 Å². The van der Waals surface area contributed by atoms with Crippen LogP contribution in [-0.4, -0.2) is 22.0 Å². The summed E-state index contributed by atoms with van der Waals surface area (Å²) in [5, 5.41) is 1.29. The highest BCUT2D eigenvalue weighted by atomic mass is 79.9. The zero-order chi connectivity index (χ0) is 21.2. The number of halogens is 1. The molecule has 1 fully saturated rings. The molecule has 0 bridgehead atoms. The lowest BCUT2D eigenvalue weighted by Crippen LogP contribution is -2.26. The van der Waals surface area contributed by atoms with Crippen molar-refractivity contribution >= 4 is 35.4 Å². The van der Waals surface area contributed by atoms with Gasteiger partial charge >= 0.3 is 7.68 Å². The first kappa shape index (κ1) is 27.8. The lowest BCUT2D eigenvalue weighted by atomic mass is 9.87. The summed E-state index contributed by atoms with van der Waals surface area (Å²) in [4.78, 5) is 0. The van der Waals surface area contributed by atoms with Crippen molar-refractivity contribution < 1.29 is 9.13 Å². The molecule has 0 saturated heterocycles. The van der Waals surface area contributed by atoms with Crippen molar-refractivity contribution in [3.05, 3.63) is 0 Å². The number of thioether (sulfide) groups is 1. The number of unbranched alkanes of at least 4 members (excludes halogenated alkanes) is 13. The minimum atomic E-state index is -2.30. The van der Waals surface area contributed by atoms with Crippen LogP contribution >= 0.6 is 35.4 Å². The molecule has 29 heavy (non-hydrogen) atoms. The Morgan fingerprint density at radius 3 is 1.83 bits per heavy atom. The lowest BCUT2D eigenvalue weighted by molar-refractivity contribution is 0.355. The fraction of sp³-hybridized carbons (Fsp3) is 1.00. The summed E-state index contributed by atoms with van der Waals surface area (Å²) in [6.07, 6.45) is 24.5. The van der Waals surface area contributed by atoms with E-state index < -0.39 is 7.68 Å². The van der Waals surface area contributed by atoms with Crippen molar-refractivity contribution in [1.82, 2.24) is 0 Å². The summed E-state index contributed by atoms with van der Waals surface area (Å²) in [6, 6.07) is 0. The molecule has 2 nitrogen and oxygen atoms in total. The van der Waals surface area contributed by atoms with Gasteiger partial charge in [-0.25, -0.2) is 9.13 Å². The first-order valence-electron chi connectivity index (χ1n) is 12.5. The second-order valence-electron chi connectivity index (χ2n) is 9.02. The van der Waals surface area contributed by atoms with Crippen LogP contribution in [0.5, 0.6) is 0 Å². The maximum atomic E-state index is 11.4. The van der Waals surface area contributed by atoms with E-state index >= 15 is 0 Å². The molecular formula is C24H46BrO2PS. The summed E-state index contributed by atoms with van der Waals surface area (Å²) in [6.45, 7) is 2.29.